The van der Waals surface area contributed by atoms with Gasteiger partial charge < -0.3 is 10.4 Å². The quantitative estimate of drug-likeness (QED) is 0.625. The van der Waals surface area contributed by atoms with Crippen molar-refractivity contribution in [1.82, 2.24) is 10.3 Å². The number of pyridine rings is 1. The first-order valence-electron chi connectivity index (χ1n) is 6.58. The third-order valence-electron chi connectivity index (χ3n) is 2.95. The standard InChI is InChI=1S/C15H13F3N2O2S/c16-11-5-9(6-12(17)15(11)18)13(7-21)20-14(22)8-23-10-1-3-19-4-2-10/h1-6,13,21H,7-8H2,(H,20,22). The highest BCUT2D eigenvalue weighted by Crippen LogP contribution is 2.20. The molecule has 0 saturated heterocycles. The number of aliphatic hydroxyl groups is 1. The lowest BCUT2D eigenvalue weighted by Crippen LogP contribution is -2.32. The van der Waals surface area contributed by atoms with Crippen molar-refractivity contribution in [3.63, 3.8) is 0 Å². The van der Waals surface area contributed by atoms with Crippen LogP contribution in [0.4, 0.5) is 13.2 Å². The molecule has 8 heteroatoms. The molecule has 0 aliphatic carbocycles. The lowest BCUT2D eigenvalue weighted by Gasteiger charge is -2.17. The molecule has 1 heterocycles. The summed E-state index contributed by atoms with van der Waals surface area (Å²) >= 11 is 1.24. The maximum atomic E-state index is 13.2. The number of benzene rings is 1. The fraction of sp³-hybridized carbons (Fsp3) is 0.200. The van der Waals surface area contributed by atoms with E-state index in [1.54, 1.807) is 24.5 Å². The van der Waals surface area contributed by atoms with Gasteiger partial charge in [-0.1, -0.05) is 0 Å². The number of hydrogen-bond donors (Lipinski definition) is 2. The van der Waals surface area contributed by atoms with Gasteiger partial charge in [0.1, 0.15) is 0 Å². The van der Waals surface area contributed by atoms with Crippen LogP contribution in [-0.2, 0) is 4.79 Å². The molecule has 1 aromatic carbocycles. The van der Waals surface area contributed by atoms with Gasteiger partial charge in [-0.25, -0.2) is 13.2 Å². The number of rotatable bonds is 6. The monoisotopic (exact) mass is 342 g/mol. The highest BCUT2D eigenvalue weighted by atomic mass is 32.2. The summed E-state index contributed by atoms with van der Waals surface area (Å²) in [6.07, 6.45) is 3.17. The Bertz CT molecular complexity index is 663. The van der Waals surface area contributed by atoms with E-state index in [0.29, 0.717) is 0 Å². The van der Waals surface area contributed by atoms with Crippen LogP contribution in [0.1, 0.15) is 11.6 Å². The first-order chi connectivity index (χ1) is 11.0. The summed E-state index contributed by atoms with van der Waals surface area (Å²) in [5.74, 6) is -4.73. The molecule has 1 amide bonds. The molecule has 2 rings (SSSR count). The minimum atomic E-state index is -1.59. The van der Waals surface area contributed by atoms with E-state index in [2.05, 4.69) is 10.3 Å². The SMILES string of the molecule is O=C(CSc1ccncc1)NC(CO)c1cc(F)c(F)c(F)c1. The zero-order chi connectivity index (χ0) is 16.8. The Morgan fingerprint density at radius 1 is 1.22 bits per heavy atom. The summed E-state index contributed by atoms with van der Waals surface area (Å²) in [7, 11) is 0. The number of amides is 1. The molecule has 0 saturated carbocycles. The molecule has 2 N–H and O–H groups in total. The Morgan fingerprint density at radius 3 is 2.39 bits per heavy atom. The van der Waals surface area contributed by atoms with E-state index >= 15 is 0 Å². The molecule has 4 nitrogen and oxygen atoms in total. The molecule has 1 unspecified atom stereocenters. The summed E-state index contributed by atoms with van der Waals surface area (Å²) in [5.41, 5.74) is -0.0499. The highest BCUT2D eigenvalue weighted by Gasteiger charge is 2.18. The number of aromatic nitrogens is 1. The van der Waals surface area contributed by atoms with Gasteiger partial charge in [0.15, 0.2) is 17.5 Å². The van der Waals surface area contributed by atoms with Crippen LogP contribution in [0.15, 0.2) is 41.6 Å². The van der Waals surface area contributed by atoms with Crippen molar-refractivity contribution in [2.24, 2.45) is 0 Å². The molecule has 1 atom stereocenters. The largest absolute Gasteiger partial charge is 0.394 e. The van der Waals surface area contributed by atoms with Gasteiger partial charge in [-0.05, 0) is 29.8 Å². The molecular formula is C15H13F3N2O2S. The third-order valence-corrected chi connectivity index (χ3v) is 3.96. The minimum Gasteiger partial charge on any atom is -0.394 e. The van der Waals surface area contributed by atoms with Crippen molar-refractivity contribution in [3.05, 3.63) is 59.7 Å². The summed E-state index contributed by atoms with van der Waals surface area (Å²) in [4.78, 5) is 16.6. The van der Waals surface area contributed by atoms with E-state index in [1.807, 2.05) is 0 Å². The number of carbonyl (C=O) groups excluding carboxylic acids is 1. The van der Waals surface area contributed by atoms with Crippen LogP contribution in [0.3, 0.4) is 0 Å². The average Bonchev–Trinajstić information content (AvgIpc) is 2.56. The zero-order valence-electron chi connectivity index (χ0n) is 11.8. The topological polar surface area (TPSA) is 62.2 Å². The lowest BCUT2D eigenvalue weighted by molar-refractivity contribution is -0.119. The summed E-state index contributed by atoms with van der Waals surface area (Å²) < 4.78 is 39.4. The first kappa shape index (κ1) is 17.3. The van der Waals surface area contributed by atoms with E-state index in [9.17, 15) is 23.1 Å². The van der Waals surface area contributed by atoms with Crippen molar-refractivity contribution >= 4 is 17.7 Å². The van der Waals surface area contributed by atoms with Crippen LogP contribution in [0.25, 0.3) is 0 Å². The van der Waals surface area contributed by atoms with Gasteiger partial charge in [-0.3, -0.25) is 9.78 Å². The smallest absolute Gasteiger partial charge is 0.230 e. The van der Waals surface area contributed by atoms with Crippen LogP contribution in [0, 0.1) is 17.5 Å². The van der Waals surface area contributed by atoms with Crippen LogP contribution in [0.2, 0.25) is 0 Å². The fourth-order valence-electron chi connectivity index (χ4n) is 1.83. The predicted octanol–water partition coefficient (Wildman–Crippen LogP) is 2.44. The second kappa shape index (κ2) is 7.98. The molecule has 2 aromatic rings. The van der Waals surface area contributed by atoms with Crippen LogP contribution < -0.4 is 5.32 Å². The molecule has 122 valence electrons. The van der Waals surface area contributed by atoms with E-state index in [-0.39, 0.29) is 11.3 Å². The fourth-order valence-corrected chi connectivity index (χ4v) is 2.53. The summed E-state index contributed by atoms with van der Waals surface area (Å²) in [6.45, 7) is -0.573. The molecular weight excluding hydrogens is 329 g/mol. The molecule has 0 fully saturated rings. The highest BCUT2D eigenvalue weighted by molar-refractivity contribution is 8.00. The van der Waals surface area contributed by atoms with Crippen LogP contribution in [-0.4, -0.2) is 28.4 Å². The van der Waals surface area contributed by atoms with Crippen molar-refractivity contribution in [2.75, 3.05) is 12.4 Å². The molecule has 0 aliphatic rings. The Balaban J connectivity index is 2.00. The summed E-state index contributed by atoms with van der Waals surface area (Å²) in [6, 6.07) is 3.92. The van der Waals surface area contributed by atoms with E-state index in [0.717, 1.165) is 17.0 Å². The maximum absolute atomic E-state index is 13.2. The molecule has 23 heavy (non-hydrogen) atoms. The Labute approximate surface area is 134 Å². The number of hydrogen-bond acceptors (Lipinski definition) is 4. The van der Waals surface area contributed by atoms with E-state index < -0.39 is 36.0 Å². The Morgan fingerprint density at radius 2 is 1.83 bits per heavy atom. The van der Waals surface area contributed by atoms with Gasteiger partial charge in [-0.2, -0.15) is 0 Å². The van der Waals surface area contributed by atoms with Crippen molar-refractivity contribution in [3.8, 4) is 0 Å². The number of thioether (sulfide) groups is 1. The number of halogens is 3. The second-order valence-corrected chi connectivity index (χ2v) is 5.62. The molecule has 0 aliphatic heterocycles. The van der Waals surface area contributed by atoms with Crippen molar-refractivity contribution in [1.29, 1.82) is 0 Å². The van der Waals surface area contributed by atoms with Gasteiger partial charge in [0.2, 0.25) is 5.91 Å². The van der Waals surface area contributed by atoms with Crippen molar-refractivity contribution < 1.29 is 23.1 Å². The number of nitrogens with one attached hydrogen (secondary N) is 1. The van der Waals surface area contributed by atoms with Gasteiger partial charge in [0.25, 0.3) is 0 Å². The molecule has 1 aromatic heterocycles. The number of nitrogens with zero attached hydrogens (tertiary/aromatic N) is 1. The Kier molecular flexibility index (Phi) is 6.00. The third kappa shape index (κ3) is 4.70. The van der Waals surface area contributed by atoms with E-state index in [4.69, 9.17) is 0 Å². The molecule has 0 spiro atoms. The second-order valence-electron chi connectivity index (χ2n) is 4.57. The van der Waals surface area contributed by atoms with Crippen LogP contribution >= 0.6 is 11.8 Å². The maximum Gasteiger partial charge on any atom is 0.230 e. The molecule has 0 radical (unpaired) electrons. The number of carbonyl (C=O) groups is 1. The van der Waals surface area contributed by atoms with Crippen LogP contribution in [0.5, 0.6) is 0 Å². The normalized spacial score (nSPS) is 12.0. The first-order valence-corrected chi connectivity index (χ1v) is 7.57. The van der Waals surface area contributed by atoms with Gasteiger partial charge in [-0.15, -0.1) is 11.8 Å². The minimum absolute atomic E-state index is 0.0483. The predicted molar refractivity (Wildman–Crippen MR) is 79.2 cm³/mol. The van der Waals surface area contributed by atoms with Gasteiger partial charge in [0, 0.05) is 17.3 Å². The van der Waals surface area contributed by atoms with Gasteiger partial charge in [0.05, 0.1) is 18.4 Å². The Hall–Kier alpha value is -2.06. The van der Waals surface area contributed by atoms with E-state index in [1.165, 1.54) is 11.8 Å². The number of aliphatic hydroxyl groups excluding tert-OH is 1. The van der Waals surface area contributed by atoms with Crippen molar-refractivity contribution in [2.45, 2.75) is 10.9 Å². The lowest BCUT2D eigenvalue weighted by atomic mass is 10.1. The molecule has 0 bridgehead atoms. The van der Waals surface area contributed by atoms with Gasteiger partial charge >= 0.3 is 0 Å². The zero-order valence-corrected chi connectivity index (χ0v) is 12.6. The summed E-state index contributed by atoms with van der Waals surface area (Å²) in [5, 5.41) is 11.7. The average molecular weight is 342 g/mol.